The number of carbonyl (C=O) groups excluding carboxylic acids is 2. The quantitative estimate of drug-likeness (QED) is 0.645. The zero-order chi connectivity index (χ0) is 20.3. The van der Waals surface area contributed by atoms with Crippen molar-refractivity contribution in [3.63, 3.8) is 0 Å². The Morgan fingerprint density at radius 1 is 0.963 bits per heavy atom. The molecule has 1 heterocycles. The van der Waals surface area contributed by atoms with Gasteiger partial charge in [-0.25, -0.2) is 0 Å². The number of hydrogen-bond donors (Lipinski definition) is 0. The highest BCUT2D eigenvalue weighted by molar-refractivity contribution is 6.08. The summed E-state index contributed by atoms with van der Waals surface area (Å²) in [5.41, 5.74) is 4.23. The highest BCUT2D eigenvalue weighted by atomic mass is 16.5. The van der Waals surface area contributed by atoms with Gasteiger partial charge in [-0.2, -0.15) is 0 Å². The molecule has 1 aliphatic rings. The Bertz CT molecular complexity index is 941. The molecule has 0 atom stereocenters. The number of ketones is 1. The van der Waals surface area contributed by atoms with Crippen LogP contribution in [0, 0.1) is 0 Å². The van der Waals surface area contributed by atoms with E-state index in [1.165, 1.54) is 11.8 Å². The summed E-state index contributed by atoms with van der Waals surface area (Å²) in [5.74, 6) is 1.12. The second-order valence-electron chi connectivity index (χ2n) is 6.16. The van der Waals surface area contributed by atoms with Crippen LogP contribution in [0.1, 0.15) is 59.5 Å². The van der Waals surface area contributed by atoms with Crippen molar-refractivity contribution in [1.82, 2.24) is 4.90 Å². The number of carbonyl (C=O) groups is 2. The Kier molecular flexibility index (Phi) is 6.01. The maximum atomic E-state index is 12.1. The maximum absolute atomic E-state index is 12.1. The SMILES string of the molecule is C=C(C)c1cc(Oc2ccc3c(c2)C(=C)N(C)C3=O)ccc1C(C)=O.CC. The zero-order valence-corrected chi connectivity index (χ0v) is 16.6. The van der Waals surface area contributed by atoms with Gasteiger partial charge in [0.15, 0.2) is 5.78 Å². The van der Waals surface area contributed by atoms with E-state index in [1.54, 1.807) is 43.4 Å². The van der Waals surface area contributed by atoms with Gasteiger partial charge in [-0.05, 0) is 55.8 Å². The Morgan fingerprint density at radius 2 is 1.56 bits per heavy atom. The number of fused-ring (bicyclic) bond motifs is 1. The number of ether oxygens (including phenoxy) is 1. The van der Waals surface area contributed by atoms with Gasteiger partial charge in [0.1, 0.15) is 11.5 Å². The van der Waals surface area contributed by atoms with Crippen LogP contribution in [0.15, 0.2) is 49.6 Å². The van der Waals surface area contributed by atoms with E-state index < -0.39 is 0 Å². The monoisotopic (exact) mass is 363 g/mol. The van der Waals surface area contributed by atoms with Gasteiger partial charge in [-0.1, -0.05) is 32.6 Å². The second-order valence-corrected chi connectivity index (χ2v) is 6.16. The van der Waals surface area contributed by atoms with Crippen molar-refractivity contribution in [3.05, 3.63) is 71.8 Å². The van der Waals surface area contributed by atoms with Crippen LogP contribution in [0.25, 0.3) is 11.3 Å². The van der Waals surface area contributed by atoms with Gasteiger partial charge in [0.2, 0.25) is 0 Å². The molecule has 0 saturated carbocycles. The standard InChI is InChI=1S/C21H19NO3.C2H6/c1-12(2)19-10-15(6-8-17(19)14(4)23)25-16-7-9-18-20(11-16)13(3)22(5)21(18)24;1-2/h6-11H,1,3H2,2,4-5H3;1-2H3. The molecule has 0 aliphatic carbocycles. The smallest absolute Gasteiger partial charge is 0.258 e. The van der Waals surface area contributed by atoms with E-state index in [0.717, 1.165) is 16.7 Å². The summed E-state index contributed by atoms with van der Waals surface area (Å²) in [7, 11) is 1.70. The average Bonchev–Trinajstić information content (AvgIpc) is 2.87. The summed E-state index contributed by atoms with van der Waals surface area (Å²) in [6.07, 6.45) is 0. The Hall–Kier alpha value is -3.14. The first kappa shape index (κ1) is 20.2. The van der Waals surface area contributed by atoms with Gasteiger partial charge in [-0.15, -0.1) is 0 Å². The normalized spacial score (nSPS) is 12.3. The van der Waals surface area contributed by atoms with Crippen LogP contribution < -0.4 is 4.74 Å². The molecule has 0 N–H and O–H groups in total. The lowest BCUT2D eigenvalue weighted by molar-refractivity contribution is 0.0874. The van der Waals surface area contributed by atoms with Crippen molar-refractivity contribution in [2.75, 3.05) is 7.05 Å². The molecule has 0 radical (unpaired) electrons. The molecular formula is C23H25NO3. The molecule has 0 saturated heterocycles. The molecule has 3 rings (SSSR count). The fourth-order valence-corrected chi connectivity index (χ4v) is 2.88. The van der Waals surface area contributed by atoms with Gasteiger partial charge in [-0.3, -0.25) is 9.59 Å². The topological polar surface area (TPSA) is 46.6 Å². The minimum Gasteiger partial charge on any atom is -0.457 e. The summed E-state index contributed by atoms with van der Waals surface area (Å²) < 4.78 is 5.92. The minimum absolute atomic E-state index is 0.0140. The van der Waals surface area contributed by atoms with Gasteiger partial charge in [0.25, 0.3) is 5.91 Å². The van der Waals surface area contributed by atoms with Gasteiger partial charge >= 0.3 is 0 Å². The van der Waals surface area contributed by atoms with Crippen molar-refractivity contribution in [2.24, 2.45) is 0 Å². The molecule has 0 unspecified atom stereocenters. The largest absolute Gasteiger partial charge is 0.457 e. The third-order valence-corrected chi connectivity index (χ3v) is 4.31. The van der Waals surface area contributed by atoms with Gasteiger partial charge in [0, 0.05) is 29.4 Å². The van der Waals surface area contributed by atoms with Gasteiger partial charge < -0.3 is 9.64 Å². The molecule has 2 aromatic rings. The average molecular weight is 363 g/mol. The van der Waals surface area contributed by atoms with Crippen LogP contribution in [0.2, 0.25) is 0 Å². The number of benzene rings is 2. The van der Waals surface area contributed by atoms with Crippen LogP contribution in [0.5, 0.6) is 11.5 Å². The van der Waals surface area contributed by atoms with Crippen LogP contribution >= 0.6 is 0 Å². The number of Topliss-reactive ketones (excluding diaryl/α,β-unsaturated/α-hetero) is 1. The minimum atomic E-state index is -0.0677. The molecule has 0 spiro atoms. The first-order chi connectivity index (χ1) is 12.8. The third kappa shape index (κ3) is 3.85. The molecule has 2 aromatic carbocycles. The lowest BCUT2D eigenvalue weighted by atomic mass is 9.99. The number of rotatable bonds is 4. The van der Waals surface area contributed by atoms with Crippen molar-refractivity contribution in [2.45, 2.75) is 27.7 Å². The number of allylic oxidation sites excluding steroid dienone is 1. The predicted octanol–water partition coefficient (Wildman–Crippen LogP) is 5.80. The van der Waals surface area contributed by atoms with Crippen molar-refractivity contribution in [3.8, 4) is 11.5 Å². The van der Waals surface area contributed by atoms with E-state index in [9.17, 15) is 9.59 Å². The summed E-state index contributed by atoms with van der Waals surface area (Å²) in [4.78, 5) is 25.3. The molecule has 27 heavy (non-hydrogen) atoms. The predicted molar refractivity (Wildman–Crippen MR) is 110 cm³/mol. The highest BCUT2D eigenvalue weighted by Gasteiger charge is 2.28. The molecule has 1 amide bonds. The van der Waals surface area contributed by atoms with Crippen molar-refractivity contribution >= 4 is 23.0 Å². The summed E-state index contributed by atoms with van der Waals surface area (Å²) in [6, 6.07) is 10.6. The fourth-order valence-electron chi connectivity index (χ4n) is 2.88. The lowest BCUT2D eigenvalue weighted by Gasteiger charge is -2.12. The number of nitrogens with zero attached hydrogens (tertiary/aromatic N) is 1. The molecule has 1 aliphatic heterocycles. The third-order valence-electron chi connectivity index (χ3n) is 4.31. The molecule has 0 fully saturated rings. The first-order valence-corrected chi connectivity index (χ1v) is 8.89. The van der Waals surface area contributed by atoms with Gasteiger partial charge in [0.05, 0.1) is 0 Å². The Morgan fingerprint density at radius 3 is 2.15 bits per heavy atom. The highest BCUT2D eigenvalue weighted by Crippen LogP contribution is 2.35. The first-order valence-electron chi connectivity index (χ1n) is 8.89. The van der Waals surface area contributed by atoms with Crippen LogP contribution in [0.3, 0.4) is 0 Å². The zero-order valence-electron chi connectivity index (χ0n) is 16.6. The Labute approximate surface area is 160 Å². The van der Waals surface area contributed by atoms with E-state index >= 15 is 0 Å². The number of amides is 1. The maximum Gasteiger partial charge on any atom is 0.258 e. The van der Waals surface area contributed by atoms with E-state index in [0.29, 0.717) is 28.3 Å². The Balaban J connectivity index is 0.00000126. The van der Waals surface area contributed by atoms with E-state index in [1.807, 2.05) is 20.8 Å². The molecular weight excluding hydrogens is 338 g/mol. The molecule has 0 aromatic heterocycles. The van der Waals surface area contributed by atoms with E-state index in [2.05, 4.69) is 13.2 Å². The van der Waals surface area contributed by atoms with Crippen LogP contribution in [-0.4, -0.2) is 23.6 Å². The van der Waals surface area contributed by atoms with Crippen molar-refractivity contribution < 1.29 is 14.3 Å². The number of hydrogen-bond acceptors (Lipinski definition) is 3. The summed E-state index contributed by atoms with van der Waals surface area (Å²) >= 11 is 0. The van der Waals surface area contributed by atoms with Crippen LogP contribution in [-0.2, 0) is 0 Å². The molecule has 140 valence electrons. The fraction of sp³-hybridized carbons (Fsp3) is 0.217. The molecule has 4 heteroatoms. The van der Waals surface area contributed by atoms with E-state index in [4.69, 9.17) is 4.74 Å². The van der Waals surface area contributed by atoms with Crippen LogP contribution in [0.4, 0.5) is 0 Å². The second kappa shape index (κ2) is 8.04. The van der Waals surface area contributed by atoms with Crippen molar-refractivity contribution in [1.29, 1.82) is 0 Å². The van der Waals surface area contributed by atoms with E-state index in [-0.39, 0.29) is 11.7 Å². The summed E-state index contributed by atoms with van der Waals surface area (Å²) in [5, 5.41) is 0. The molecule has 0 bridgehead atoms. The lowest BCUT2D eigenvalue weighted by Crippen LogP contribution is -2.16. The molecule has 4 nitrogen and oxygen atoms in total. The summed E-state index contributed by atoms with van der Waals surface area (Å²) in [6.45, 7) is 15.3.